The summed E-state index contributed by atoms with van der Waals surface area (Å²) in [5, 5.41) is 1.32. The van der Waals surface area contributed by atoms with E-state index in [0.717, 1.165) is 22.6 Å². The molecule has 3 heteroatoms. The molecule has 0 saturated carbocycles. The van der Waals surface area contributed by atoms with E-state index in [9.17, 15) is 0 Å². The van der Waals surface area contributed by atoms with Gasteiger partial charge in [0.2, 0.25) is 0 Å². The molecule has 1 heterocycles. The summed E-state index contributed by atoms with van der Waals surface area (Å²) in [6.07, 6.45) is 3.01. The highest BCUT2D eigenvalue weighted by atomic mass is 32.2. The molecule has 0 unspecified atom stereocenters. The average Bonchev–Trinajstić information content (AvgIpc) is 3.03. The fourth-order valence-corrected chi connectivity index (χ4v) is 4.20. The summed E-state index contributed by atoms with van der Waals surface area (Å²) in [5.41, 5.74) is 11.6. The number of fused-ring (bicyclic) bond motifs is 1. The molecular formula is C23H27NS2. The maximum Gasteiger partial charge on any atom is 0.0412 e. The predicted octanol–water partition coefficient (Wildman–Crippen LogP) is 7.24. The van der Waals surface area contributed by atoms with Crippen molar-refractivity contribution in [1.29, 1.82) is 0 Å². The van der Waals surface area contributed by atoms with Crippen molar-refractivity contribution < 1.29 is 0 Å². The number of hydrogen-bond acceptors (Lipinski definition) is 3. The quantitative estimate of drug-likeness (QED) is 0.381. The molecule has 0 bridgehead atoms. The molecule has 0 aliphatic rings. The maximum absolute atomic E-state index is 5.80. The van der Waals surface area contributed by atoms with Gasteiger partial charge in [0.25, 0.3) is 0 Å². The highest BCUT2D eigenvalue weighted by Crippen LogP contribution is 2.33. The van der Waals surface area contributed by atoms with Crippen LogP contribution in [0.1, 0.15) is 28.5 Å². The van der Waals surface area contributed by atoms with Gasteiger partial charge in [-0.2, -0.15) is 0 Å². The molecule has 136 valence electrons. The number of allylic oxidation sites excluding steroid dienone is 1. The summed E-state index contributed by atoms with van der Waals surface area (Å²) in [4.78, 5) is 2.44. The lowest BCUT2D eigenvalue weighted by Gasteiger charge is -2.09. The van der Waals surface area contributed by atoms with Crippen LogP contribution in [0.15, 0.2) is 61.2 Å². The van der Waals surface area contributed by atoms with Gasteiger partial charge in [0.1, 0.15) is 0 Å². The molecule has 3 rings (SSSR count). The van der Waals surface area contributed by atoms with E-state index >= 15 is 0 Å². The first-order chi connectivity index (χ1) is 12.3. The van der Waals surface area contributed by atoms with Crippen molar-refractivity contribution in [3.8, 4) is 0 Å². The number of rotatable bonds is 4. The van der Waals surface area contributed by atoms with Crippen LogP contribution in [0, 0.1) is 13.8 Å². The molecule has 0 aliphatic heterocycles. The van der Waals surface area contributed by atoms with Gasteiger partial charge in [0.05, 0.1) is 0 Å². The molecule has 1 aromatic heterocycles. The van der Waals surface area contributed by atoms with Gasteiger partial charge in [-0.1, -0.05) is 43.0 Å². The molecule has 3 aromatic rings. The molecule has 0 spiro atoms. The molecule has 0 fully saturated rings. The molecule has 2 N–H and O–H groups in total. The van der Waals surface area contributed by atoms with Crippen LogP contribution in [-0.2, 0) is 6.42 Å². The van der Waals surface area contributed by atoms with Crippen molar-refractivity contribution >= 4 is 43.8 Å². The van der Waals surface area contributed by atoms with E-state index in [1.165, 1.54) is 31.7 Å². The van der Waals surface area contributed by atoms with Crippen molar-refractivity contribution in [2.24, 2.45) is 0 Å². The van der Waals surface area contributed by atoms with Gasteiger partial charge in [0.15, 0.2) is 0 Å². The minimum atomic E-state index is 0.878. The van der Waals surface area contributed by atoms with Gasteiger partial charge in [0, 0.05) is 20.2 Å². The van der Waals surface area contributed by atoms with E-state index < -0.39 is 0 Å². The number of thioether (sulfide) groups is 1. The van der Waals surface area contributed by atoms with E-state index in [-0.39, 0.29) is 0 Å². The first-order valence-electron chi connectivity index (χ1n) is 8.53. The number of hydrogen-bond donors (Lipinski definition) is 1. The monoisotopic (exact) mass is 381 g/mol. The topological polar surface area (TPSA) is 26.0 Å². The van der Waals surface area contributed by atoms with Crippen LogP contribution >= 0.6 is 23.1 Å². The highest BCUT2D eigenvalue weighted by Gasteiger charge is 2.03. The molecule has 2 aromatic carbocycles. The number of nitrogen functional groups attached to an aromatic ring is 1. The van der Waals surface area contributed by atoms with Crippen molar-refractivity contribution in [3.63, 3.8) is 0 Å². The summed E-state index contributed by atoms with van der Waals surface area (Å²) in [5.74, 6) is 0. The summed E-state index contributed by atoms with van der Waals surface area (Å²) < 4.78 is 1.34. The average molecular weight is 382 g/mol. The molecule has 0 radical (unpaired) electrons. The zero-order valence-electron chi connectivity index (χ0n) is 16.1. The standard InChI is InChI=1S/C12H17N.C11H10S2/c1-8(2)5-11-6-10(4)12(13)7-9(11)3;1-8(12-2)11-7-9-5-3-4-6-10(9)13-11/h6-7H,1,5,13H2,2-4H3;3-7H,1H2,2H3. The second-order valence-electron chi connectivity index (χ2n) is 6.54. The van der Waals surface area contributed by atoms with Crippen LogP contribution in [-0.4, -0.2) is 6.26 Å². The van der Waals surface area contributed by atoms with Crippen molar-refractivity contribution in [2.75, 3.05) is 12.0 Å². The zero-order valence-corrected chi connectivity index (χ0v) is 17.7. The molecular weight excluding hydrogens is 354 g/mol. The lowest BCUT2D eigenvalue weighted by atomic mass is 9.99. The Hall–Kier alpha value is -1.97. The van der Waals surface area contributed by atoms with Crippen molar-refractivity contribution in [2.45, 2.75) is 27.2 Å². The van der Waals surface area contributed by atoms with E-state index in [1.54, 1.807) is 11.8 Å². The maximum atomic E-state index is 5.80. The minimum absolute atomic E-state index is 0.878. The Balaban J connectivity index is 0.000000187. The Kier molecular flexibility index (Phi) is 7.13. The zero-order chi connectivity index (χ0) is 19.3. The Morgan fingerprint density at radius 3 is 2.38 bits per heavy atom. The van der Waals surface area contributed by atoms with Crippen molar-refractivity contribution in [1.82, 2.24) is 0 Å². The number of nitrogens with two attached hydrogens (primary N) is 1. The van der Waals surface area contributed by atoms with Crippen LogP contribution in [0.25, 0.3) is 15.0 Å². The first kappa shape index (κ1) is 20.3. The smallest absolute Gasteiger partial charge is 0.0412 e. The second-order valence-corrected chi connectivity index (χ2v) is 8.53. The molecule has 0 saturated heterocycles. The van der Waals surface area contributed by atoms with Crippen LogP contribution in [0.3, 0.4) is 0 Å². The lowest BCUT2D eigenvalue weighted by molar-refractivity contribution is 1.12. The molecule has 0 amide bonds. The Morgan fingerprint density at radius 1 is 1.08 bits per heavy atom. The van der Waals surface area contributed by atoms with Gasteiger partial charge >= 0.3 is 0 Å². The first-order valence-corrected chi connectivity index (χ1v) is 10.6. The van der Waals surface area contributed by atoms with E-state index in [0.29, 0.717) is 0 Å². The predicted molar refractivity (Wildman–Crippen MR) is 123 cm³/mol. The second kappa shape index (κ2) is 9.11. The Morgan fingerprint density at radius 2 is 1.77 bits per heavy atom. The van der Waals surface area contributed by atoms with E-state index in [1.807, 2.05) is 31.3 Å². The largest absolute Gasteiger partial charge is 0.399 e. The van der Waals surface area contributed by atoms with Crippen LogP contribution in [0.4, 0.5) is 5.69 Å². The highest BCUT2D eigenvalue weighted by molar-refractivity contribution is 8.07. The fraction of sp³-hybridized carbons (Fsp3) is 0.217. The number of benzene rings is 2. The fourth-order valence-electron chi connectivity index (χ4n) is 2.63. The van der Waals surface area contributed by atoms with Gasteiger partial charge < -0.3 is 5.73 Å². The minimum Gasteiger partial charge on any atom is -0.399 e. The summed E-state index contributed by atoms with van der Waals surface area (Å²) >= 11 is 3.52. The van der Waals surface area contributed by atoms with Gasteiger partial charge in [-0.05, 0) is 73.7 Å². The number of anilines is 1. The SMILES string of the molecule is C=C(C)Cc1cc(C)c(N)cc1C.C=C(SC)c1cc2ccccc2s1. The summed E-state index contributed by atoms with van der Waals surface area (Å²) in [6.45, 7) is 14.1. The van der Waals surface area contributed by atoms with Crippen LogP contribution in [0.5, 0.6) is 0 Å². The Bertz CT molecular complexity index is 902. The van der Waals surface area contributed by atoms with Gasteiger partial charge in [-0.25, -0.2) is 0 Å². The molecule has 0 atom stereocenters. The lowest BCUT2D eigenvalue weighted by Crippen LogP contribution is -1.96. The van der Waals surface area contributed by atoms with E-state index in [2.05, 4.69) is 62.7 Å². The summed E-state index contributed by atoms with van der Waals surface area (Å²) in [6, 6.07) is 14.8. The third kappa shape index (κ3) is 5.26. The molecule has 1 nitrogen and oxygen atoms in total. The summed E-state index contributed by atoms with van der Waals surface area (Å²) in [7, 11) is 0. The molecule has 26 heavy (non-hydrogen) atoms. The van der Waals surface area contributed by atoms with Crippen molar-refractivity contribution in [3.05, 3.63) is 82.8 Å². The van der Waals surface area contributed by atoms with E-state index in [4.69, 9.17) is 5.73 Å². The molecule has 0 aliphatic carbocycles. The van der Waals surface area contributed by atoms with Crippen LogP contribution in [0.2, 0.25) is 0 Å². The normalized spacial score (nSPS) is 10.3. The van der Waals surface area contributed by atoms with Crippen LogP contribution < -0.4 is 5.73 Å². The van der Waals surface area contributed by atoms with Gasteiger partial charge in [-0.15, -0.1) is 23.1 Å². The Labute approximate surface area is 165 Å². The third-order valence-corrected chi connectivity index (χ3v) is 6.18. The third-order valence-electron chi connectivity index (χ3n) is 4.16. The van der Waals surface area contributed by atoms with Gasteiger partial charge in [-0.3, -0.25) is 0 Å². The number of thiophene rings is 1. The number of aryl methyl sites for hydroxylation is 2.